The minimum atomic E-state index is -4.76. The van der Waals surface area contributed by atoms with Crippen LogP contribution in [0.25, 0.3) is 0 Å². The standard InChI is InChI=1S/C28H18BF12/c30-25(31,32)17-1-9-21(10-2-17)29(22-11-3-18(4-12-22)26(33,34)35,23-13-5-19(6-14-23)27(36,37)38)24-15-7-20(8-16-24)28(39,40)41/h1-7,9-16,20H,8H2/q-1. The van der Waals surface area contributed by atoms with E-state index in [0.29, 0.717) is 36.4 Å². The molecule has 0 aromatic heterocycles. The van der Waals surface area contributed by atoms with Crippen molar-refractivity contribution in [3.8, 4) is 0 Å². The molecular formula is C28H18BF12-. The Balaban J connectivity index is 2.04. The first-order valence-corrected chi connectivity index (χ1v) is 12.0. The molecule has 0 saturated carbocycles. The van der Waals surface area contributed by atoms with Crippen molar-refractivity contribution in [3.05, 3.63) is 113 Å². The van der Waals surface area contributed by atoms with Crippen LogP contribution in [0.4, 0.5) is 52.7 Å². The van der Waals surface area contributed by atoms with E-state index >= 15 is 0 Å². The molecule has 0 bridgehead atoms. The number of alkyl halides is 12. The van der Waals surface area contributed by atoms with Crippen molar-refractivity contribution in [1.29, 1.82) is 0 Å². The molecule has 0 fully saturated rings. The van der Waals surface area contributed by atoms with E-state index in [9.17, 15) is 52.7 Å². The lowest BCUT2D eigenvalue weighted by molar-refractivity contribution is -0.160. The van der Waals surface area contributed by atoms with Gasteiger partial charge in [0, 0.05) is 0 Å². The lowest BCUT2D eigenvalue weighted by atomic mass is 9.12. The number of benzene rings is 3. The van der Waals surface area contributed by atoms with Gasteiger partial charge in [0.25, 0.3) is 0 Å². The van der Waals surface area contributed by atoms with Gasteiger partial charge >= 0.3 is 24.7 Å². The van der Waals surface area contributed by atoms with Crippen LogP contribution in [0.2, 0.25) is 0 Å². The lowest BCUT2D eigenvalue weighted by Crippen LogP contribution is -2.68. The molecule has 13 heteroatoms. The summed E-state index contributed by atoms with van der Waals surface area (Å²) in [6.07, 6.45) is -19.3. The molecule has 1 aliphatic carbocycles. The first kappa shape index (κ1) is 30.3. The largest absolute Gasteiger partial charge is 0.416 e. The quantitative estimate of drug-likeness (QED) is 0.214. The third kappa shape index (κ3) is 6.03. The Kier molecular flexibility index (Phi) is 7.64. The molecule has 0 N–H and O–H groups in total. The summed E-state index contributed by atoms with van der Waals surface area (Å²) in [7, 11) is 0. The fourth-order valence-corrected chi connectivity index (χ4v) is 5.24. The zero-order valence-electron chi connectivity index (χ0n) is 20.6. The van der Waals surface area contributed by atoms with Crippen LogP contribution >= 0.6 is 0 Å². The molecule has 0 aliphatic heterocycles. The minimum absolute atomic E-state index is 0.0406. The Labute approximate surface area is 225 Å². The van der Waals surface area contributed by atoms with E-state index in [1.165, 1.54) is 6.08 Å². The van der Waals surface area contributed by atoms with Crippen LogP contribution in [0.15, 0.2) is 96.5 Å². The predicted molar refractivity (Wildman–Crippen MR) is 130 cm³/mol. The summed E-state index contributed by atoms with van der Waals surface area (Å²) in [6, 6.07) is 10.4. The van der Waals surface area contributed by atoms with Gasteiger partial charge in [-0.2, -0.15) is 74.5 Å². The monoisotopic (exact) mass is 593 g/mol. The van der Waals surface area contributed by atoms with Gasteiger partial charge in [-0.3, -0.25) is 0 Å². The van der Waals surface area contributed by atoms with E-state index in [-0.39, 0.29) is 21.9 Å². The van der Waals surface area contributed by atoms with Gasteiger partial charge in [-0.25, -0.2) is 0 Å². The van der Waals surface area contributed by atoms with E-state index in [2.05, 4.69) is 0 Å². The van der Waals surface area contributed by atoms with Crippen molar-refractivity contribution in [2.75, 3.05) is 0 Å². The van der Waals surface area contributed by atoms with Crippen molar-refractivity contribution < 1.29 is 52.7 Å². The molecular weight excluding hydrogens is 575 g/mol. The zero-order valence-corrected chi connectivity index (χ0v) is 20.6. The molecule has 1 aliphatic rings. The summed E-state index contributed by atoms with van der Waals surface area (Å²) in [4.78, 5) is 0. The number of hydrogen-bond acceptors (Lipinski definition) is 0. The average Bonchev–Trinajstić information content (AvgIpc) is 2.88. The Morgan fingerprint density at radius 1 is 0.488 bits per heavy atom. The van der Waals surface area contributed by atoms with E-state index in [1.807, 2.05) is 0 Å². The molecule has 0 saturated heterocycles. The topological polar surface area (TPSA) is 0 Å². The van der Waals surface area contributed by atoms with Gasteiger partial charge in [0.15, 0.2) is 0 Å². The summed E-state index contributed by atoms with van der Waals surface area (Å²) in [5.74, 6) is -1.91. The van der Waals surface area contributed by atoms with E-state index in [1.54, 1.807) is 0 Å². The maximum absolute atomic E-state index is 13.4. The van der Waals surface area contributed by atoms with Gasteiger partial charge in [-0.05, 0) is 6.42 Å². The van der Waals surface area contributed by atoms with Crippen LogP contribution in [-0.4, -0.2) is 12.3 Å². The Bertz CT molecular complexity index is 1280. The molecule has 41 heavy (non-hydrogen) atoms. The lowest BCUT2D eigenvalue weighted by Gasteiger charge is -2.46. The van der Waals surface area contributed by atoms with Crippen molar-refractivity contribution in [3.63, 3.8) is 0 Å². The fraction of sp³-hybridized carbons (Fsp3) is 0.214. The molecule has 1 unspecified atom stereocenters. The molecule has 1 atom stereocenters. The number of allylic oxidation sites excluding steroid dienone is 4. The number of hydrogen-bond donors (Lipinski definition) is 0. The van der Waals surface area contributed by atoms with Crippen LogP contribution in [0.3, 0.4) is 0 Å². The number of rotatable bonds is 4. The zero-order chi connectivity index (χ0) is 30.4. The van der Waals surface area contributed by atoms with Gasteiger partial charge in [0.1, 0.15) is 6.15 Å². The smallest absolute Gasteiger partial charge is 0.199 e. The van der Waals surface area contributed by atoms with Crippen LogP contribution < -0.4 is 16.4 Å². The van der Waals surface area contributed by atoms with Crippen molar-refractivity contribution in [2.45, 2.75) is 31.1 Å². The molecule has 0 heterocycles. The second-order valence-corrected chi connectivity index (χ2v) is 9.67. The molecule has 3 aromatic carbocycles. The Morgan fingerprint density at radius 2 is 0.805 bits per heavy atom. The molecule has 0 nitrogen and oxygen atoms in total. The van der Waals surface area contributed by atoms with Gasteiger partial charge in [-0.1, -0.05) is 78.9 Å². The van der Waals surface area contributed by atoms with Crippen molar-refractivity contribution >= 4 is 22.5 Å². The summed E-state index contributed by atoms with van der Waals surface area (Å²) >= 11 is 0. The highest BCUT2D eigenvalue weighted by Gasteiger charge is 2.41. The summed E-state index contributed by atoms with van der Waals surface area (Å²) < 4.78 is 160. The van der Waals surface area contributed by atoms with Crippen LogP contribution in [0.1, 0.15) is 23.1 Å². The van der Waals surface area contributed by atoms with Crippen molar-refractivity contribution in [1.82, 2.24) is 0 Å². The highest BCUT2D eigenvalue weighted by molar-refractivity contribution is 7.16. The van der Waals surface area contributed by atoms with Gasteiger partial charge in [-0.15, -0.1) is 12.2 Å². The third-order valence-corrected chi connectivity index (χ3v) is 7.26. The minimum Gasteiger partial charge on any atom is -0.199 e. The summed E-state index contributed by atoms with van der Waals surface area (Å²) in [5, 5.41) is 0. The van der Waals surface area contributed by atoms with E-state index in [4.69, 9.17) is 0 Å². The first-order chi connectivity index (χ1) is 18.8. The molecule has 0 radical (unpaired) electrons. The predicted octanol–water partition coefficient (Wildman–Crippen LogP) is 7.82. The van der Waals surface area contributed by atoms with Gasteiger partial charge in [0.2, 0.25) is 0 Å². The molecule has 4 rings (SSSR count). The fourth-order valence-electron chi connectivity index (χ4n) is 5.24. The SMILES string of the molecule is FC(F)(F)c1ccc([B-](C2=CCC(C(F)(F)F)C=C2)(c2ccc(C(F)(F)F)cc2)c2ccc(C(F)(F)F)cc2)cc1. The van der Waals surface area contributed by atoms with Crippen LogP contribution in [0.5, 0.6) is 0 Å². The Hall–Kier alpha value is -3.64. The Morgan fingerprint density at radius 3 is 1.02 bits per heavy atom. The molecule has 0 amide bonds. The molecule has 0 spiro atoms. The molecule has 3 aromatic rings. The first-order valence-electron chi connectivity index (χ1n) is 12.0. The summed E-state index contributed by atoms with van der Waals surface area (Å²) in [6.45, 7) is 0. The second kappa shape index (κ2) is 10.3. The highest BCUT2D eigenvalue weighted by Crippen LogP contribution is 2.36. The number of halogens is 12. The summed E-state index contributed by atoms with van der Waals surface area (Å²) in [5.41, 5.74) is -3.01. The highest BCUT2D eigenvalue weighted by atomic mass is 19.4. The van der Waals surface area contributed by atoms with Gasteiger partial charge < -0.3 is 0 Å². The normalized spacial score (nSPS) is 17.0. The maximum Gasteiger partial charge on any atom is 0.416 e. The van der Waals surface area contributed by atoms with E-state index in [0.717, 1.165) is 48.6 Å². The maximum atomic E-state index is 13.4. The molecule has 218 valence electrons. The van der Waals surface area contributed by atoms with Crippen LogP contribution in [0, 0.1) is 5.92 Å². The third-order valence-electron chi connectivity index (χ3n) is 7.26. The van der Waals surface area contributed by atoms with E-state index < -0.39 is 59.9 Å². The van der Waals surface area contributed by atoms with Crippen LogP contribution in [-0.2, 0) is 18.5 Å². The second-order valence-electron chi connectivity index (χ2n) is 9.67. The average molecular weight is 593 g/mol. The van der Waals surface area contributed by atoms with Gasteiger partial charge in [0.05, 0.1) is 22.6 Å². The van der Waals surface area contributed by atoms with Crippen molar-refractivity contribution in [2.24, 2.45) is 5.92 Å².